The minimum absolute atomic E-state index is 0.0442. The number of hydrogen-bond acceptors (Lipinski definition) is 6. The summed E-state index contributed by atoms with van der Waals surface area (Å²) in [5.41, 5.74) is 8.06. The van der Waals surface area contributed by atoms with Crippen molar-refractivity contribution in [1.82, 2.24) is 10.2 Å². The van der Waals surface area contributed by atoms with Gasteiger partial charge in [-0.2, -0.15) is 0 Å². The fourth-order valence-electron chi connectivity index (χ4n) is 4.94. The van der Waals surface area contributed by atoms with Gasteiger partial charge in [-0.15, -0.1) is 5.10 Å². The van der Waals surface area contributed by atoms with Crippen LogP contribution < -0.4 is 15.4 Å². The zero-order valence-corrected chi connectivity index (χ0v) is 19.5. The first-order chi connectivity index (χ1) is 16.4. The van der Waals surface area contributed by atoms with Crippen molar-refractivity contribution in [2.24, 2.45) is 5.73 Å². The van der Waals surface area contributed by atoms with Crippen molar-refractivity contribution in [3.8, 4) is 5.88 Å². The maximum atomic E-state index is 14.5. The topological polar surface area (TPSA) is 111 Å². The Morgan fingerprint density at radius 1 is 1.24 bits per heavy atom. The fraction of sp³-hybridized carbons (Fsp3) is 0.240. The number of aryl methyl sites for hydroxylation is 1. The van der Waals surface area contributed by atoms with Gasteiger partial charge in [0.2, 0.25) is 17.7 Å². The molecule has 9 heteroatoms. The zero-order valence-electron chi connectivity index (χ0n) is 18.7. The number of esters is 1. The average molecular weight is 479 g/mol. The standard InChI is InChI=1S/C25H23ClN4O4/c1-3-6-17-19-22(29-28-17)34-21(27)20(23(31)33-2)25(19)16-7-4-5-8-18(16)30(24(25)32)13-14-9-11-15(26)12-10-14/h4-5,7-12H,3,6,13,27H2,1-2H3,(H,28,29)/t25-/m1/s1. The molecule has 1 spiro atoms. The largest absolute Gasteiger partial charge is 0.465 e. The van der Waals surface area contributed by atoms with Crippen molar-refractivity contribution in [2.45, 2.75) is 31.7 Å². The van der Waals surface area contributed by atoms with Gasteiger partial charge in [-0.05, 0) is 30.2 Å². The predicted molar refractivity (Wildman–Crippen MR) is 126 cm³/mol. The van der Waals surface area contributed by atoms with Gasteiger partial charge in [-0.1, -0.05) is 55.3 Å². The second-order valence-electron chi connectivity index (χ2n) is 8.25. The van der Waals surface area contributed by atoms with Crippen LogP contribution >= 0.6 is 11.6 Å². The van der Waals surface area contributed by atoms with Crippen LogP contribution in [0.3, 0.4) is 0 Å². The van der Waals surface area contributed by atoms with E-state index < -0.39 is 11.4 Å². The quantitative estimate of drug-likeness (QED) is 0.542. The third kappa shape index (κ3) is 3.02. The third-order valence-electron chi connectivity index (χ3n) is 6.32. The fourth-order valence-corrected chi connectivity index (χ4v) is 5.06. The first-order valence-electron chi connectivity index (χ1n) is 10.9. The molecule has 0 aliphatic carbocycles. The zero-order chi connectivity index (χ0) is 24.0. The number of carbonyl (C=O) groups is 2. The molecule has 174 valence electrons. The summed E-state index contributed by atoms with van der Waals surface area (Å²) in [5.74, 6) is -1.07. The second kappa shape index (κ2) is 8.22. The Bertz CT molecular complexity index is 1330. The Balaban J connectivity index is 1.79. The lowest BCUT2D eigenvalue weighted by Gasteiger charge is -2.34. The van der Waals surface area contributed by atoms with Crippen LogP contribution in [-0.2, 0) is 32.7 Å². The van der Waals surface area contributed by atoms with Crippen molar-refractivity contribution in [2.75, 3.05) is 12.0 Å². The summed E-state index contributed by atoms with van der Waals surface area (Å²) in [6, 6.07) is 14.7. The van der Waals surface area contributed by atoms with Crippen molar-refractivity contribution >= 4 is 29.2 Å². The van der Waals surface area contributed by atoms with Crippen LogP contribution in [-0.4, -0.2) is 29.2 Å². The predicted octanol–water partition coefficient (Wildman–Crippen LogP) is 3.58. The lowest BCUT2D eigenvalue weighted by Crippen LogP contribution is -2.48. The van der Waals surface area contributed by atoms with Crippen molar-refractivity contribution in [3.05, 3.63) is 87.4 Å². The van der Waals surface area contributed by atoms with E-state index in [1.165, 1.54) is 7.11 Å². The highest BCUT2D eigenvalue weighted by Gasteiger charge is 2.62. The molecule has 3 N–H and O–H groups in total. The Kier molecular flexibility index (Phi) is 5.32. The van der Waals surface area contributed by atoms with Crippen LogP contribution in [0.15, 0.2) is 60.0 Å². The number of nitrogens with one attached hydrogen (secondary N) is 1. The number of aromatic nitrogens is 2. The highest BCUT2D eigenvalue weighted by Crippen LogP contribution is 2.56. The molecule has 5 rings (SSSR count). The molecule has 1 atom stereocenters. The van der Waals surface area contributed by atoms with Crippen LogP contribution in [0.5, 0.6) is 5.88 Å². The van der Waals surface area contributed by atoms with E-state index >= 15 is 0 Å². The van der Waals surface area contributed by atoms with E-state index in [0.717, 1.165) is 12.0 Å². The first kappa shape index (κ1) is 22.0. The maximum Gasteiger partial charge on any atom is 0.340 e. The number of hydrogen-bond donors (Lipinski definition) is 2. The number of carbonyl (C=O) groups excluding carboxylic acids is 2. The van der Waals surface area contributed by atoms with Gasteiger partial charge in [0.1, 0.15) is 11.0 Å². The smallest absolute Gasteiger partial charge is 0.340 e. The first-order valence-corrected chi connectivity index (χ1v) is 11.3. The molecule has 2 aromatic carbocycles. The minimum Gasteiger partial charge on any atom is -0.465 e. The maximum absolute atomic E-state index is 14.5. The number of benzene rings is 2. The molecule has 1 amide bonds. The lowest BCUT2D eigenvalue weighted by atomic mass is 9.68. The molecular weight excluding hydrogens is 456 g/mol. The normalized spacial score (nSPS) is 18.7. The molecule has 8 nitrogen and oxygen atoms in total. The number of ether oxygens (including phenoxy) is 2. The van der Waals surface area contributed by atoms with E-state index in [0.29, 0.717) is 34.0 Å². The van der Waals surface area contributed by atoms with Gasteiger partial charge in [0.05, 0.1) is 19.2 Å². The average Bonchev–Trinajstić information content (AvgIpc) is 3.34. The molecule has 0 saturated heterocycles. The van der Waals surface area contributed by atoms with Crippen LogP contribution in [0.2, 0.25) is 5.02 Å². The van der Waals surface area contributed by atoms with Crippen LogP contribution in [0, 0.1) is 0 Å². The molecule has 2 aliphatic rings. The Labute approximate surface area is 201 Å². The number of para-hydroxylation sites is 1. The number of methoxy groups -OCH3 is 1. The van der Waals surface area contributed by atoms with Crippen LogP contribution in [0.4, 0.5) is 5.69 Å². The van der Waals surface area contributed by atoms with Gasteiger partial charge in [0.15, 0.2) is 0 Å². The van der Waals surface area contributed by atoms with Gasteiger partial charge < -0.3 is 20.1 Å². The van der Waals surface area contributed by atoms with E-state index in [1.807, 2.05) is 43.3 Å². The number of amides is 1. The summed E-state index contributed by atoms with van der Waals surface area (Å²) in [6.07, 6.45) is 1.40. The lowest BCUT2D eigenvalue weighted by molar-refractivity contribution is -0.138. The molecule has 2 aliphatic heterocycles. The molecule has 0 bridgehead atoms. The number of H-pyrrole nitrogens is 1. The van der Waals surface area contributed by atoms with Gasteiger partial charge in [-0.3, -0.25) is 9.89 Å². The number of aromatic amines is 1. The SMILES string of the molecule is CCCc1[nH]nc2c1[C@@]1(C(=O)N(Cc3ccc(Cl)cc3)c3ccccc31)C(C(=O)OC)=C(N)O2. The molecule has 1 aromatic heterocycles. The third-order valence-corrected chi connectivity index (χ3v) is 6.57. The van der Waals surface area contributed by atoms with Gasteiger partial charge in [-0.25, -0.2) is 4.79 Å². The van der Waals surface area contributed by atoms with Crippen molar-refractivity contribution in [1.29, 1.82) is 0 Å². The summed E-state index contributed by atoms with van der Waals surface area (Å²) < 4.78 is 10.8. The van der Waals surface area contributed by atoms with Crippen LogP contribution in [0.1, 0.15) is 35.7 Å². The Morgan fingerprint density at radius 2 is 1.97 bits per heavy atom. The van der Waals surface area contributed by atoms with E-state index in [2.05, 4.69) is 10.2 Å². The monoisotopic (exact) mass is 478 g/mol. The number of halogens is 1. The molecule has 0 fully saturated rings. The number of nitrogens with zero attached hydrogens (tertiary/aromatic N) is 2. The van der Waals surface area contributed by atoms with E-state index in [-0.39, 0.29) is 29.8 Å². The summed E-state index contributed by atoms with van der Waals surface area (Å²) in [4.78, 5) is 29.3. The highest BCUT2D eigenvalue weighted by atomic mass is 35.5. The molecule has 34 heavy (non-hydrogen) atoms. The number of anilines is 1. The molecule has 0 saturated carbocycles. The number of rotatable bonds is 5. The van der Waals surface area contributed by atoms with Gasteiger partial charge in [0.25, 0.3) is 0 Å². The second-order valence-corrected chi connectivity index (χ2v) is 8.69. The van der Waals surface area contributed by atoms with Crippen LogP contribution in [0.25, 0.3) is 0 Å². The Morgan fingerprint density at radius 3 is 2.68 bits per heavy atom. The summed E-state index contributed by atoms with van der Waals surface area (Å²) in [7, 11) is 1.25. The molecule has 0 radical (unpaired) electrons. The Hall–Kier alpha value is -3.78. The van der Waals surface area contributed by atoms with E-state index in [9.17, 15) is 9.59 Å². The van der Waals surface area contributed by atoms with Crippen molar-refractivity contribution in [3.63, 3.8) is 0 Å². The summed E-state index contributed by atoms with van der Waals surface area (Å²) in [6.45, 7) is 2.30. The van der Waals surface area contributed by atoms with Gasteiger partial charge >= 0.3 is 5.97 Å². The molecule has 3 aromatic rings. The molecular formula is C25H23ClN4O4. The molecule has 3 heterocycles. The molecule has 0 unspecified atom stereocenters. The number of nitrogens with two attached hydrogens (primary N) is 1. The van der Waals surface area contributed by atoms with Crippen molar-refractivity contribution < 1.29 is 19.1 Å². The summed E-state index contributed by atoms with van der Waals surface area (Å²) >= 11 is 6.06. The van der Waals surface area contributed by atoms with Gasteiger partial charge in [0, 0.05) is 22.0 Å². The summed E-state index contributed by atoms with van der Waals surface area (Å²) in [5, 5.41) is 7.89. The van der Waals surface area contributed by atoms with E-state index in [4.69, 9.17) is 26.8 Å². The minimum atomic E-state index is -1.55. The van der Waals surface area contributed by atoms with E-state index in [1.54, 1.807) is 17.0 Å². The highest BCUT2D eigenvalue weighted by molar-refractivity contribution is 6.30. The number of fused-ring (bicyclic) bond motifs is 4.